The van der Waals surface area contributed by atoms with Crippen LogP contribution in [0.25, 0.3) is 0 Å². The summed E-state index contributed by atoms with van der Waals surface area (Å²) in [6, 6.07) is 1.69. The van der Waals surface area contributed by atoms with Gasteiger partial charge < -0.3 is 5.32 Å². The molecule has 108 valence electrons. The largest absolute Gasteiger partial charge is 0.312 e. The summed E-state index contributed by atoms with van der Waals surface area (Å²) in [5.74, 6) is 0. The number of hydrogen-bond donors (Lipinski definition) is 1. The monoisotopic (exact) mass is 254 g/mol. The molecule has 1 aliphatic carbocycles. The van der Waals surface area contributed by atoms with Crippen molar-refractivity contribution < 1.29 is 0 Å². The predicted molar refractivity (Wildman–Crippen MR) is 81.1 cm³/mol. The lowest BCUT2D eigenvalue weighted by Gasteiger charge is -2.29. The van der Waals surface area contributed by atoms with Gasteiger partial charge in [-0.1, -0.05) is 13.3 Å². The molecule has 1 saturated carbocycles. The van der Waals surface area contributed by atoms with Crippen LogP contribution in [0.5, 0.6) is 0 Å². The van der Waals surface area contributed by atoms with Crippen LogP contribution in [0.4, 0.5) is 0 Å². The van der Waals surface area contributed by atoms with Crippen molar-refractivity contribution in [2.45, 2.75) is 90.8 Å². The van der Waals surface area contributed by atoms with Gasteiger partial charge in [-0.05, 0) is 72.9 Å². The van der Waals surface area contributed by atoms with Crippen LogP contribution in [0, 0.1) is 0 Å². The molecule has 2 nitrogen and oxygen atoms in total. The molecule has 0 aromatic rings. The second kappa shape index (κ2) is 7.49. The second-order valence-corrected chi connectivity index (χ2v) is 6.99. The summed E-state index contributed by atoms with van der Waals surface area (Å²) < 4.78 is 0. The number of rotatable bonds is 9. The lowest BCUT2D eigenvalue weighted by atomic mass is 10.1. The highest BCUT2D eigenvalue weighted by molar-refractivity contribution is 4.87. The third-order valence-corrected chi connectivity index (χ3v) is 3.81. The van der Waals surface area contributed by atoms with Crippen LogP contribution in [0.3, 0.4) is 0 Å². The van der Waals surface area contributed by atoms with Gasteiger partial charge in [0.15, 0.2) is 0 Å². The van der Waals surface area contributed by atoms with E-state index >= 15 is 0 Å². The van der Waals surface area contributed by atoms with Crippen molar-refractivity contribution in [1.82, 2.24) is 10.2 Å². The maximum atomic E-state index is 3.59. The Kier molecular flexibility index (Phi) is 6.65. The Morgan fingerprint density at radius 3 is 2.39 bits per heavy atom. The van der Waals surface area contributed by atoms with Gasteiger partial charge in [0.1, 0.15) is 0 Å². The van der Waals surface area contributed by atoms with Crippen LogP contribution in [-0.4, -0.2) is 35.6 Å². The Morgan fingerprint density at radius 1 is 1.22 bits per heavy atom. The van der Waals surface area contributed by atoms with Crippen LogP contribution in [0.2, 0.25) is 0 Å². The smallest absolute Gasteiger partial charge is 0.00992 e. The highest BCUT2D eigenvalue weighted by Gasteiger charge is 2.31. The first-order valence-electron chi connectivity index (χ1n) is 7.95. The van der Waals surface area contributed by atoms with Crippen LogP contribution in [0.1, 0.15) is 73.1 Å². The number of nitrogens with zero attached hydrogens (tertiary/aromatic N) is 1. The molecule has 0 radical (unpaired) electrons. The van der Waals surface area contributed by atoms with E-state index in [1.807, 2.05) is 0 Å². The Labute approximate surface area is 115 Å². The fourth-order valence-electron chi connectivity index (χ4n) is 2.54. The van der Waals surface area contributed by atoms with Crippen molar-refractivity contribution in [2.24, 2.45) is 0 Å². The number of unbranched alkanes of at least 4 members (excludes halogenated alkanes) is 1. The summed E-state index contributed by atoms with van der Waals surface area (Å²) in [4.78, 5) is 2.76. The van der Waals surface area contributed by atoms with Crippen LogP contribution < -0.4 is 5.32 Å². The third-order valence-electron chi connectivity index (χ3n) is 3.81. The van der Waals surface area contributed by atoms with Gasteiger partial charge in [-0.15, -0.1) is 0 Å². The van der Waals surface area contributed by atoms with Gasteiger partial charge in [-0.25, -0.2) is 0 Å². The van der Waals surface area contributed by atoms with E-state index < -0.39 is 0 Å². The van der Waals surface area contributed by atoms with E-state index in [1.165, 1.54) is 45.1 Å². The van der Waals surface area contributed by atoms with E-state index in [9.17, 15) is 0 Å². The molecule has 0 amide bonds. The minimum absolute atomic E-state index is 0.266. The molecule has 1 atom stereocenters. The first-order valence-corrected chi connectivity index (χ1v) is 7.95. The highest BCUT2D eigenvalue weighted by Crippen LogP contribution is 2.29. The predicted octanol–water partition coefficient (Wildman–Crippen LogP) is 3.81. The first-order chi connectivity index (χ1) is 8.44. The maximum absolute atomic E-state index is 3.59. The van der Waals surface area contributed by atoms with Crippen LogP contribution in [-0.2, 0) is 0 Å². The van der Waals surface area contributed by atoms with E-state index in [1.54, 1.807) is 0 Å². The summed E-state index contributed by atoms with van der Waals surface area (Å²) in [6.45, 7) is 13.9. The summed E-state index contributed by atoms with van der Waals surface area (Å²) in [7, 11) is 0. The zero-order valence-corrected chi connectivity index (χ0v) is 13.3. The van der Waals surface area contributed by atoms with E-state index in [0.717, 1.165) is 18.6 Å². The van der Waals surface area contributed by atoms with Crippen molar-refractivity contribution in [3.8, 4) is 0 Å². The van der Waals surface area contributed by atoms with Crippen molar-refractivity contribution >= 4 is 0 Å². The Morgan fingerprint density at radius 2 is 1.89 bits per heavy atom. The standard InChI is InChI=1S/C16H34N2/c1-6-7-13-18(15-10-11-15)14(2)9-8-12-17-16(3,4)5/h14-15,17H,6-13H2,1-5H3. The average molecular weight is 254 g/mol. The molecule has 0 spiro atoms. The molecule has 1 aliphatic rings. The van der Waals surface area contributed by atoms with Crippen LogP contribution in [0.15, 0.2) is 0 Å². The number of hydrogen-bond acceptors (Lipinski definition) is 2. The molecular weight excluding hydrogens is 220 g/mol. The molecule has 0 saturated heterocycles. The Hall–Kier alpha value is -0.0800. The van der Waals surface area contributed by atoms with Crippen molar-refractivity contribution in [2.75, 3.05) is 13.1 Å². The summed E-state index contributed by atoms with van der Waals surface area (Å²) in [5.41, 5.74) is 0.266. The summed E-state index contributed by atoms with van der Waals surface area (Å²) in [6.07, 6.45) is 8.20. The highest BCUT2D eigenvalue weighted by atomic mass is 15.2. The van der Waals surface area contributed by atoms with E-state index in [2.05, 4.69) is 44.8 Å². The number of nitrogens with one attached hydrogen (secondary N) is 1. The molecule has 0 aromatic heterocycles. The van der Waals surface area contributed by atoms with Gasteiger partial charge in [0.25, 0.3) is 0 Å². The molecule has 1 unspecified atom stereocenters. The minimum atomic E-state index is 0.266. The maximum Gasteiger partial charge on any atom is 0.00992 e. The molecule has 2 heteroatoms. The summed E-state index contributed by atoms with van der Waals surface area (Å²) in [5, 5.41) is 3.59. The lowest BCUT2D eigenvalue weighted by Crippen LogP contribution is -2.38. The molecule has 0 bridgehead atoms. The van der Waals surface area contributed by atoms with E-state index in [4.69, 9.17) is 0 Å². The second-order valence-electron chi connectivity index (χ2n) is 6.99. The third kappa shape index (κ3) is 6.75. The zero-order chi connectivity index (χ0) is 13.6. The SMILES string of the molecule is CCCCN(C(C)CCCNC(C)(C)C)C1CC1. The van der Waals surface area contributed by atoms with Crippen molar-refractivity contribution in [3.05, 3.63) is 0 Å². The molecule has 0 aliphatic heterocycles. The van der Waals surface area contributed by atoms with E-state index in [0.29, 0.717) is 0 Å². The fourth-order valence-corrected chi connectivity index (χ4v) is 2.54. The zero-order valence-electron chi connectivity index (χ0n) is 13.3. The molecule has 0 heterocycles. The first kappa shape index (κ1) is 16.0. The van der Waals surface area contributed by atoms with Gasteiger partial charge in [0, 0.05) is 17.6 Å². The van der Waals surface area contributed by atoms with Crippen molar-refractivity contribution in [1.29, 1.82) is 0 Å². The lowest BCUT2D eigenvalue weighted by molar-refractivity contribution is 0.183. The molecular formula is C16H34N2. The van der Waals surface area contributed by atoms with Gasteiger partial charge in [-0.3, -0.25) is 4.90 Å². The normalized spacial score (nSPS) is 18.3. The molecule has 18 heavy (non-hydrogen) atoms. The van der Waals surface area contributed by atoms with E-state index in [-0.39, 0.29) is 5.54 Å². The molecule has 0 aromatic carbocycles. The minimum Gasteiger partial charge on any atom is -0.312 e. The Bertz CT molecular complexity index is 216. The van der Waals surface area contributed by atoms with Gasteiger partial charge >= 0.3 is 0 Å². The fraction of sp³-hybridized carbons (Fsp3) is 1.00. The average Bonchev–Trinajstić information content (AvgIpc) is 3.08. The van der Waals surface area contributed by atoms with Crippen molar-refractivity contribution in [3.63, 3.8) is 0 Å². The topological polar surface area (TPSA) is 15.3 Å². The Balaban J connectivity index is 2.18. The van der Waals surface area contributed by atoms with Gasteiger partial charge in [0.2, 0.25) is 0 Å². The van der Waals surface area contributed by atoms with Crippen LogP contribution >= 0.6 is 0 Å². The quantitative estimate of drug-likeness (QED) is 0.630. The van der Waals surface area contributed by atoms with Gasteiger partial charge in [-0.2, -0.15) is 0 Å². The van der Waals surface area contributed by atoms with Gasteiger partial charge in [0.05, 0.1) is 0 Å². The molecule has 1 N–H and O–H groups in total. The summed E-state index contributed by atoms with van der Waals surface area (Å²) >= 11 is 0. The molecule has 1 rings (SSSR count). The molecule has 1 fully saturated rings.